The smallest absolute Gasteiger partial charge is 0.0160 e. The zero-order valence-corrected chi connectivity index (χ0v) is 9.97. The van der Waals surface area contributed by atoms with Gasteiger partial charge in [-0.05, 0) is 50.2 Å². The first kappa shape index (κ1) is 11.2. The van der Waals surface area contributed by atoms with Gasteiger partial charge in [0.1, 0.15) is 0 Å². The Labute approximate surface area is 93.7 Å². The van der Waals surface area contributed by atoms with Crippen LogP contribution < -0.4 is 5.32 Å². The third-order valence-electron chi connectivity index (χ3n) is 4.27. The first-order chi connectivity index (χ1) is 7.30. The van der Waals surface area contributed by atoms with Gasteiger partial charge in [-0.2, -0.15) is 0 Å². The van der Waals surface area contributed by atoms with Crippen LogP contribution in [0.2, 0.25) is 0 Å². The summed E-state index contributed by atoms with van der Waals surface area (Å²) in [5.41, 5.74) is 0.736. The van der Waals surface area contributed by atoms with E-state index in [1.165, 1.54) is 38.9 Å². The van der Waals surface area contributed by atoms with E-state index in [2.05, 4.69) is 23.7 Å². The van der Waals surface area contributed by atoms with Crippen molar-refractivity contribution in [3.8, 4) is 0 Å². The molecule has 0 aromatic rings. The lowest BCUT2D eigenvalue weighted by atomic mass is 9.92. The summed E-state index contributed by atoms with van der Waals surface area (Å²) in [7, 11) is 0. The van der Waals surface area contributed by atoms with Gasteiger partial charge in [-0.15, -0.1) is 6.58 Å². The summed E-state index contributed by atoms with van der Waals surface area (Å²) < 4.78 is 0. The molecule has 1 atom stereocenters. The number of piperidine rings is 1. The van der Waals surface area contributed by atoms with Crippen molar-refractivity contribution in [2.45, 2.75) is 26.2 Å². The molecule has 86 valence electrons. The zero-order valence-electron chi connectivity index (χ0n) is 9.97. The van der Waals surface area contributed by atoms with Crippen LogP contribution >= 0.6 is 0 Å². The Bertz CT molecular complexity index is 219. The third-order valence-corrected chi connectivity index (χ3v) is 4.27. The van der Waals surface area contributed by atoms with Crippen molar-refractivity contribution in [3.05, 3.63) is 12.7 Å². The number of nitrogens with zero attached hydrogens (tertiary/aromatic N) is 1. The van der Waals surface area contributed by atoms with Crippen molar-refractivity contribution in [1.29, 1.82) is 0 Å². The molecule has 0 radical (unpaired) electrons. The molecule has 1 saturated carbocycles. The lowest BCUT2D eigenvalue weighted by molar-refractivity contribution is 0.254. The van der Waals surface area contributed by atoms with Crippen molar-refractivity contribution in [2.24, 2.45) is 11.3 Å². The van der Waals surface area contributed by atoms with Gasteiger partial charge in [0.05, 0.1) is 0 Å². The highest BCUT2D eigenvalue weighted by molar-refractivity contribution is 5.05. The first-order valence-electron chi connectivity index (χ1n) is 6.35. The van der Waals surface area contributed by atoms with Crippen LogP contribution in [-0.2, 0) is 0 Å². The highest BCUT2D eigenvalue weighted by Crippen LogP contribution is 2.58. The fourth-order valence-corrected chi connectivity index (χ4v) is 3.05. The van der Waals surface area contributed by atoms with Gasteiger partial charge in [0.25, 0.3) is 0 Å². The molecular weight excluding hydrogens is 184 g/mol. The van der Waals surface area contributed by atoms with Crippen molar-refractivity contribution >= 4 is 0 Å². The Morgan fingerprint density at radius 1 is 1.47 bits per heavy atom. The maximum atomic E-state index is 3.83. The fraction of sp³-hybridized carbons (Fsp3) is 0.846. The molecule has 1 heterocycles. The first-order valence-corrected chi connectivity index (χ1v) is 6.35. The van der Waals surface area contributed by atoms with Gasteiger partial charge < -0.3 is 5.32 Å². The predicted octanol–water partition coefficient (Wildman–Crippen LogP) is 1.88. The second-order valence-corrected chi connectivity index (χ2v) is 5.15. The molecule has 2 fully saturated rings. The fourth-order valence-electron chi connectivity index (χ4n) is 3.05. The van der Waals surface area contributed by atoms with Crippen LogP contribution in [0.5, 0.6) is 0 Å². The van der Waals surface area contributed by atoms with E-state index < -0.39 is 0 Å². The zero-order chi connectivity index (χ0) is 10.7. The monoisotopic (exact) mass is 208 g/mol. The minimum absolute atomic E-state index is 0.736. The summed E-state index contributed by atoms with van der Waals surface area (Å²) in [5.74, 6) is 0.972. The van der Waals surface area contributed by atoms with E-state index >= 15 is 0 Å². The van der Waals surface area contributed by atoms with Gasteiger partial charge in [-0.1, -0.05) is 13.0 Å². The van der Waals surface area contributed by atoms with Gasteiger partial charge in [0.2, 0.25) is 0 Å². The number of hydrogen-bond acceptors (Lipinski definition) is 2. The summed E-state index contributed by atoms with van der Waals surface area (Å²) in [6.07, 6.45) is 6.32. The van der Waals surface area contributed by atoms with Crippen LogP contribution in [0.4, 0.5) is 0 Å². The van der Waals surface area contributed by atoms with Crippen LogP contribution in [0.3, 0.4) is 0 Å². The normalized spacial score (nSPS) is 28.3. The molecule has 0 aromatic carbocycles. The molecule has 15 heavy (non-hydrogen) atoms. The summed E-state index contributed by atoms with van der Waals surface area (Å²) in [5, 5.41) is 3.46. The lowest BCUT2D eigenvalue weighted by Gasteiger charge is -2.26. The van der Waals surface area contributed by atoms with E-state index in [4.69, 9.17) is 0 Å². The van der Waals surface area contributed by atoms with E-state index in [1.807, 2.05) is 6.08 Å². The Morgan fingerprint density at radius 3 is 2.80 bits per heavy atom. The van der Waals surface area contributed by atoms with E-state index in [0.29, 0.717) is 0 Å². The summed E-state index contributed by atoms with van der Waals surface area (Å²) in [4.78, 5) is 2.52. The number of hydrogen-bond donors (Lipinski definition) is 1. The minimum atomic E-state index is 0.736. The highest BCUT2D eigenvalue weighted by Gasteiger charge is 2.53. The largest absolute Gasteiger partial charge is 0.317 e. The van der Waals surface area contributed by atoms with Crippen LogP contribution in [-0.4, -0.2) is 37.6 Å². The number of nitrogens with one attached hydrogen (secondary N) is 1. The summed E-state index contributed by atoms with van der Waals surface area (Å²) in [6, 6.07) is 0. The van der Waals surface area contributed by atoms with Crippen LogP contribution in [0.15, 0.2) is 12.7 Å². The summed E-state index contributed by atoms with van der Waals surface area (Å²) >= 11 is 0. The van der Waals surface area contributed by atoms with Crippen molar-refractivity contribution < 1.29 is 0 Å². The second kappa shape index (κ2) is 4.67. The summed E-state index contributed by atoms with van der Waals surface area (Å²) in [6.45, 7) is 12.1. The van der Waals surface area contributed by atoms with Crippen LogP contribution in [0, 0.1) is 11.3 Å². The predicted molar refractivity (Wildman–Crippen MR) is 65.0 cm³/mol. The van der Waals surface area contributed by atoms with Gasteiger partial charge >= 0.3 is 0 Å². The minimum Gasteiger partial charge on any atom is -0.317 e. The molecule has 1 saturated heterocycles. The molecule has 0 amide bonds. The second-order valence-electron chi connectivity index (χ2n) is 5.15. The van der Waals surface area contributed by atoms with Crippen molar-refractivity contribution in [2.75, 3.05) is 32.7 Å². The van der Waals surface area contributed by atoms with Crippen molar-refractivity contribution in [1.82, 2.24) is 10.2 Å². The third kappa shape index (κ3) is 2.43. The van der Waals surface area contributed by atoms with E-state index in [9.17, 15) is 0 Å². The molecule has 1 spiro atoms. The maximum Gasteiger partial charge on any atom is 0.0160 e. The van der Waals surface area contributed by atoms with Crippen LogP contribution in [0.1, 0.15) is 26.2 Å². The molecule has 0 bridgehead atoms. The molecular formula is C13H24N2. The average Bonchev–Trinajstić information content (AvgIpc) is 2.91. The van der Waals surface area contributed by atoms with Crippen LogP contribution in [0.25, 0.3) is 0 Å². The molecule has 1 N–H and O–H groups in total. The Morgan fingerprint density at radius 2 is 2.20 bits per heavy atom. The molecule has 1 aliphatic carbocycles. The number of rotatable bonds is 5. The molecule has 1 aliphatic heterocycles. The van der Waals surface area contributed by atoms with Gasteiger partial charge in [-0.3, -0.25) is 4.90 Å². The van der Waals surface area contributed by atoms with Gasteiger partial charge in [-0.25, -0.2) is 0 Å². The number of likely N-dealkylation sites (N-methyl/N-ethyl adjacent to an activating group) is 1. The molecule has 2 nitrogen and oxygen atoms in total. The average molecular weight is 208 g/mol. The van der Waals surface area contributed by atoms with E-state index in [1.54, 1.807) is 0 Å². The van der Waals surface area contributed by atoms with Gasteiger partial charge in [0.15, 0.2) is 0 Å². The van der Waals surface area contributed by atoms with Gasteiger partial charge in [0, 0.05) is 13.1 Å². The Kier molecular flexibility index (Phi) is 3.47. The standard InChI is InChI=1S/C13H24N2/c1-3-9-15(4-2)11-12-10-13(12)5-7-14-8-6-13/h3,12,14H,1,4-11H2,2H3. The molecule has 2 rings (SSSR count). The molecule has 2 aliphatic rings. The molecule has 2 heteroatoms. The molecule has 1 unspecified atom stereocenters. The quantitative estimate of drug-likeness (QED) is 0.694. The molecule has 0 aromatic heterocycles. The maximum absolute atomic E-state index is 3.83. The van der Waals surface area contributed by atoms with Crippen molar-refractivity contribution in [3.63, 3.8) is 0 Å². The highest BCUT2D eigenvalue weighted by atomic mass is 15.1. The SMILES string of the molecule is C=CCN(CC)CC1CC12CCNCC2. The Balaban J connectivity index is 1.79. The lowest BCUT2D eigenvalue weighted by Crippen LogP contribution is -2.32. The Hall–Kier alpha value is -0.340. The van der Waals surface area contributed by atoms with E-state index in [0.717, 1.165) is 24.4 Å². The van der Waals surface area contributed by atoms with E-state index in [-0.39, 0.29) is 0 Å². The topological polar surface area (TPSA) is 15.3 Å².